The van der Waals surface area contributed by atoms with Crippen LogP contribution in [-0.4, -0.2) is 17.0 Å². The van der Waals surface area contributed by atoms with Gasteiger partial charge in [-0.2, -0.15) is 0 Å². The van der Waals surface area contributed by atoms with Gasteiger partial charge in [0.1, 0.15) is 0 Å². The van der Waals surface area contributed by atoms with Gasteiger partial charge in [0.15, 0.2) is 6.04 Å². The third kappa shape index (κ3) is 3.11. The highest BCUT2D eigenvalue weighted by atomic mass is 16.4. The van der Waals surface area contributed by atoms with Crippen LogP contribution >= 0.6 is 0 Å². The Balaban J connectivity index is 1.79. The molecule has 0 spiro atoms. The van der Waals surface area contributed by atoms with Gasteiger partial charge in [-0.05, 0) is 41.2 Å². The van der Waals surface area contributed by atoms with Crippen LogP contribution in [0.25, 0.3) is 10.8 Å². The van der Waals surface area contributed by atoms with Crippen molar-refractivity contribution in [2.75, 3.05) is 0 Å². The Bertz CT molecular complexity index is 706. The first-order chi connectivity index (χ1) is 10.6. The molecule has 2 N–H and O–H groups in total. The van der Waals surface area contributed by atoms with Crippen LogP contribution in [-0.2, 0) is 9.59 Å². The van der Waals surface area contributed by atoms with Crippen molar-refractivity contribution in [3.05, 3.63) is 48.0 Å². The lowest BCUT2D eigenvalue weighted by molar-refractivity contribution is -0.142. The van der Waals surface area contributed by atoms with Gasteiger partial charge in [-0.1, -0.05) is 42.8 Å². The Morgan fingerprint density at radius 2 is 1.86 bits per heavy atom. The van der Waals surface area contributed by atoms with Gasteiger partial charge in [-0.25, -0.2) is 4.79 Å². The highest BCUT2D eigenvalue weighted by Crippen LogP contribution is 2.29. The summed E-state index contributed by atoms with van der Waals surface area (Å²) in [6.07, 6.45) is 3.74. The van der Waals surface area contributed by atoms with Gasteiger partial charge in [-0.3, -0.25) is 4.79 Å². The number of hydrogen-bond donors (Lipinski definition) is 2. The summed E-state index contributed by atoms with van der Waals surface area (Å²) in [6, 6.07) is 12.3. The molecule has 114 valence electrons. The number of benzene rings is 2. The number of rotatable bonds is 5. The second kappa shape index (κ2) is 6.18. The summed E-state index contributed by atoms with van der Waals surface area (Å²) in [5.74, 6) is -0.784. The average Bonchev–Trinajstić information content (AvgIpc) is 2.48. The number of carbonyl (C=O) groups excluding carboxylic acids is 1. The number of carbonyl (C=O) groups is 2. The average molecular weight is 297 g/mol. The molecule has 22 heavy (non-hydrogen) atoms. The van der Waals surface area contributed by atoms with E-state index in [2.05, 4.69) is 5.32 Å². The second-order valence-electron chi connectivity index (χ2n) is 5.95. The summed E-state index contributed by atoms with van der Waals surface area (Å²) >= 11 is 0. The maximum absolute atomic E-state index is 12.0. The Kier molecular flexibility index (Phi) is 4.09. The van der Waals surface area contributed by atoms with Gasteiger partial charge in [-0.15, -0.1) is 0 Å². The molecule has 0 radical (unpaired) electrons. The maximum Gasteiger partial charge on any atom is 0.330 e. The molecule has 1 fully saturated rings. The Morgan fingerprint density at radius 3 is 2.50 bits per heavy atom. The van der Waals surface area contributed by atoms with Crippen molar-refractivity contribution in [1.29, 1.82) is 0 Å². The lowest BCUT2D eigenvalue weighted by Gasteiger charge is -2.25. The molecule has 1 aliphatic rings. The molecule has 2 aromatic carbocycles. The first-order valence-electron chi connectivity index (χ1n) is 7.64. The molecular weight excluding hydrogens is 278 g/mol. The molecule has 1 unspecified atom stereocenters. The van der Waals surface area contributed by atoms with Crippen molar-refractivity contribution in [3.8, 4) is 0 Å². The first-order valence-corrected chi connectivity index (χ1v) is 7.64. The normalized spacial score (nSPS) is 16.0. The zero-order chi connectivity index (χ0) is 15.5. The SMILES string of the molecule is O=C(CC1CCC1)NC(C(=O)O)c1ccc2ccccc2c1. The van der Waals surface area contributed by atoms with Gasteiger partial charge in [0.05, 0.1) is 0 Å². The Morgan fingerprint density at radius 1 is 1.14 bits per heavy atom. The van der Waals surface area contributed by atoms with Crippen molar-refractivity contribution >= 4 is 22.6 Å². The monoisotopic (exact) mass is 297 g/mol. The third-order valence-corrected chi connectivity index (χ3v) is 4.36. The fourth-order valence-corrected chi connectivity index (χ4v) is 2.85. The van der Waals surface area contributed by atoms with E-state index in [1.165, 1.54) is 6.42 Å². The van der Waals surface area contributed by atoms with E-state index in [1.807, 2.05) is 36.4 Å². The molecule has 3 rings (SSSR count). The second-order valence-corrected chi connectivity index (χ2v) is 5.95. The number of carboxylic acids is 1. The number of hydrogen-bond acceptors (Lipinski definition) is 2. The van der Waals surface area contributed by atoms with Crippen LogP contribution < -0.4 is 5.32 Å². The summed E-state index contributed by atoms with van der Waals surface area (Å²) < 4.78 is 0. The largest absolute Gasteiger partial charge is 0.479 e. The molecule has 4 heteroatoms. The summed E-state index contributed by atoms with van der Waals surface area (Å²) in [4.78, 5) is 23.5. The highest BCUT2D eigenvalue weighted by molar-refractivity contribution is 5.88. The van der Waals surface area contributed by atoms with Crippen LogP contribution in [0.15, 0.2) is 42.5 Å². The fourth-order valence-electron chi connectivity index (χ4n) is 2.85. The molecule has 1 amide bonds. The van der Waals surface area contributed by atoms with E-state index in [0.717, 1.165) is 23.6 Å². The van der Waals surface area contributed by atoms with E-state index in [1.54, 1.807) is 6.07 Å². The lowest BCUT2D eigenvalue weighted by atomic mass is 9.83. The summed E-state index contributed by atoms with van der Waals surface area (Å²) in [6.45, 7) is 0. The van der Waals surface area contributed by atoms with Crippen LogP contribution in [0.2, 0.25) is 0 Å². The Labute approximate surface area is 129 Å². The highest BCUT2D eigenvalue weighted by Gasteiger charge is 2.25. The number of fused-ring (bicyclic) bond motifs is 1. The summed E-state index contributed by atoms with van der Waals surface area (Å²) in [5, 5.41) is 14.1. The molecule has 4 nitrogen and oxygen atoms in total. The minimum Gasteiger partial charge on any atom is -0.479 e. The van der Waals surface area contributed by atoms with Crippen LogP contribution in [0.5, 0.6) is 0 Å². The van der Waals surface area contributed by atoms with Gasteiger partial charge in [0.2, 0.25) is 5.91 Å². The predicted molar refractivity (Wildman–Crippen MR) is 84.4 cm³/mol. The van der Waals surface area contributed by atoms with E-state index in [-0.39, 0.29) is 5.91 Å². The van der Waals surface area contributed by atoms with Crippen LogP contribution in [0.4, 0.5) is 0 Å². The number of amides is 1. The number of nitrogens with one attached hydrogen (secondary N) is 1. The Hall–Kier alpha value is -2.36. The van der Waals surface area contributed by atoms with Crippen molar-refractivity contribution in [2.45, 2.75) is 31.7 Å². The quantitative estimate of drug-likeness (QED) is 0.890. The molecule has 2 aromatic rings. The standard InChI is InChI=1S/C18H19NO3/c20-16(10-12-4-3-5-12)19-17(18(21)22)15-9-8-13-6-1-2-7-14(13)11-15/h1-2,6-9,11-12,17H,3-5,10H2,(H,19,20)(H,21,22). The van der Waals surface area contributed by atoms with Crippen LogP contribution in [0.3, 0.4) is 0 Å². The predicted octanol–water partition coefficient (Wildman–Crippen LogP) is 3.27. The van der Waals surface area contributed by atoms with Crippen LogP contribution in [0, 0.1) is 5.92 Å². The number of carboxylic acid groups (broad SMARTS) is 1. The van der Waals surface area contributed by atoms with E-state index in [0.29, 0.717) is 17.9 Å². The van der Waals surface area contributed by atoms with Gasteiger partial charge in [0, 0.05) is 6.42 Å². The molecule has 0 saturated heterocycles. The third-order valence-electron chi connectivity index (χ3n) is 4.36. The molecule has 0 aromatic heterocycles. The van der Waals surface area contributed by atoms with Gasteiger partial charge in [0.25, 0.3) is 0 Å². The summed E-state index contributed by atoms with van der Waals surface area (Å²) in [7, 11) is 0. The zero-order valence-corrected chi connectivity index (χ0v) is 12.3. The number of aliphatic carboxylic acids is 1. The summed E-state index contributed by atoms with van der Waals surface area (Å²) in [5.41, 5.74) is 0.605. The van der Waals surface area contributed by atoms with Crippen molar-refractivity contribution in [2.24, 2.45) is 5.92 Å². The molecule has 0 bridgehead atoms. The van der Waals surface area contributed by atoms with E-state index in [4.69, 9.17) is 0 Å². The van der Waals surface area contributed by atoms with Crippen molar-refractivity contribution < 1.29 is 14.7 Å². The van der Waals surface area contributed by atoms with Crippen LogP contribution in [0.1, 0.15) is 37.3 Å². The van der Waals surface area contributed by atoms with E-state index >= 15 is 0 Å². The fraction of sp³-hybridized carbons (Fsp3) is 0.333. The van der Waals surface area contributed by atoms with Crippen molar-refractivity contribution in [1.82, 2.24) is 5.32 Å². The molecule has 0 aliphatic heterocycles. The topological polar surface area (TPSA) is 66.4 Å². The smallest absolute Gasteiger partial charge is 0.330 e. The van der Waals surface area contributed by atoms with E-state index < -0.39 is 12.0 Å². The van der Waals surface area contributed by atoms with Gasteiger partial charge >= 0.3 is 5.97 Å². The minimum absolute atomic E-state index is 0.176. The van der Waals surface area contributed by atoms with E-state index in [9.17, 15) is 14.7 Å². The lowest BCUT2D eigenvalue weighted by Crippen LogP contribution is -2.35. The van der Waals surface area contributed by atoms with Gasteiger partial charge < -0.3 is 10.4 Å². The molecular formula is C18H19NO3. The molecule has 1 atom stereocenters. The zero-order valence-electron chi connectivity index (χ0n) is 12.3. The molecule has 1 saturated carbocycles. The molecule has 0 heterocycles. The van der Waals surface area contributed by atoms with Crippen molar-refractivity contribution in [3.63, 3.8) is 0 Å². The molecule has 1 aliphatic carbocycles. The first kappa shape index (κ1) is 14.6. The minimum atomic E-state index is -1.03. The maximum atomic E-state index is 12.0.